The number of nitrogens with one attached hydrogen (secondary N) is 3. The SMILES string of the molecule is C[C@H](Cc1ccc2[nH]c(C(=O)NCC3CCC3)cc2c1)NC[C@@H](O[Si](C)(C)C(C)(C)C)c1ccc(O)c(CO)c1. The zero-order valence-electron chi connectivity index (χ0n) is 24.9. The number of aromatic nitrogens is 1. The summed E-state index contributed by atoms with van der Waals surface area (Å²) in [5, 5.41) is 27.6. The van der Waals surface area contributed by atoms with Gasteiger partial charge in [-0.25, -0.2) is 0 Å². The van der Waals surface area contributed by atoms with E-state index in [9.17, 15) is 15.0 Å². The van der Waals surface area contributed by atoms with Crippen LogP contribution in [0.4, 0.5) is 0 Å². The number of carbonyl (C=O) groups is 1. The van der Waals surface area contributed by atoms with Crippen molar-refractivity contribution >= 4 is 25.1 Å². The van der Waals surface area contributed by atoms with Crippen molar-refractivity contribution in [3.05, 3.63) is 64.8 Å². The Balaban J connectivity index is 1.42. The average molecular weight is 566 g/mol. The van der Waals surface area contributed by atoms with Gasteiger partial charge in [0.25, 0.3) is 5.91 Å². The minimum Gasteiger partial charge on any atom is -0.508 e. The van der Waals surface area contributed by atoms with E-state index in [2.05, 4.69) is 74.6 Å². The third kappa shape index (κ3) is 7.35. The summed E-state index contributed by atoms with van der Waals surface area (Å²) in [5.41, 5.74) is 4.22. The van der Waals surface area contributed by atoms with Gasteiger partial charge in [0.05, 0.1) is 12.7 Å². The van der Waals surface area contributed by atoms with Gasteiger partial charge in [0.15, 0.2) is 8.32 Å². The largest absolute Gasteiger partial charge is 0.508 e. The molecule has 0 spiro atoms. The lowest BCUT2D eigenvalue weighted by Crippen LogP contribution is -2.44. The van der Waals surface area contributed by atoms with E-state index < -0.39 is 8.32 Å². The van der Waals surface area contributed by atoms with Crippen LogP contribution >= 0.6 is 0 Å². The van der Waals surface area contributed by atoms with Crippen LogP contribution in [-0.4, -0.2) is 48.6 Å². The molecule has 4 rings (SSSR count). The predicted octanol–water partition coefficient (Wildman–Crippen LogP) is 6.18. The summed E-state index contributed by atoms with van der Waals surface area (Å²) in [7, 11) is -2.09. The number of H-pyrrole nitrogens is 1. The molecule has 0 bridgehead atoms. The van der Waals surface area contributed by atoms with Crippen molar-refractivity contribution in [2.75, 3.05) is 13.1 Å². The zero-order valence-corrected chi connectivity index (χ0v) is 25.9. The number of rotatable bonds is 12. The Hall–Kier alpha value is -2.65. The standard InChI is InChI=1S/C32H47N3O4Si/c1-21(14-23-10-12-27-25(15-23)17-28(35-27)31(38)34-18-22-8-7-9-22)33-19-30(39-40(5,6)32(2,3)4)24-11-13-29(37)26(16-24)20-36/h10-13,15-17,21-22,30,33,35-37H,7-9,14,18-20H2,1-6H3,(H,34,38)/t21-,30-/m1/s1. The second-order valence-electron chi connectivity index (χ2n) is 13.0. The molecule has 0 saturated heterocycles. The van der Waals surface area contributed by atoms with Crippen LogP contribution in [0.2, 0.25) is 18.1 Å². The highest BCUT2D eigenvalue weighted by Crippen LogP contribution is 2.40. The van der Waals surface area contributed by atoms with E-state index >= 15 is 0 Å². The van der Waals surface area contributed by atoms with Crippen LogP contribution in [0.5, 0.6) is 5.75 Å². The fraction of sp³-hybridized carbons (Fsp3) is 0.531. The predicted molar refractivity (Wildman–Crippen MR) is 164 cm³/mol. The summed E-state index contributed by atoms with van der Waals surface area (Å²) in [6.45, 7) is 14.5. The fourth-order valence-electron chi connectivity index (χ4n) is 4.89. The second kappa shape index (κ2) is 12.5. The van der Waals surface area contributed by atoms with E-state index in [4.69, 9.17) is 4.43 Å². The van der Waals surface area contributed by atoms with Crippen LogP contribution in [0.15, 0.2) is 42.5 Å². The van der Waals surface area contributed by atoms with E-state index in [0.717, 1.165) is 29.4 Å². The number of hydrogen-bond donors (Lipinski definition) is 5. The monoisotopic (exact) mass is 565 g/mol. The molecule has 0 unspecified atom stereocenters. The number of fused-ring (bicyclic) bond motifs is 1. The maximum absolute atomic E-state index is 12.6. The molecule has 2 aromatic carbocycles. The Morgan fingerprint density at radius 2 is 1.90 bits per heavy atom. The molecule has 1 aliphatic rings. The lowest BCUT2D eigenvalue weighted by atomic mass is 9.85. The average Bonchev–Trinajstić information content (AvgIpc) is 3.29. The van der Waals surface area contributed by atoms with Gasteiger partial charge in [0.1, 0.15) is 11.4 Å². The number of aliphatic hydroxyl groups excluding tert-OH is 1. The molecule has 1 amide bonds. The number of aromatic amines is 1. The fourth-order valence-corrected chi connectivity index (χ4v) is 6.17. The Bertz CT molecular complexity index is 1310. The van der Waals surface area contributed by atoms with E-state index in [1.807, 2.05) is 18.2 Å². The Morgan fingerprint density at radius 1 is 1.15 bits per heavy atom. The molecule has 2 atom stereocenters. The summed E-state index contributed by atoms with van der Waals surface area (Å²) >= 11 is 0. The first kappa shape index (κ1) is 30.3. The van der Waals surface area contributed by atoms with Gasteiger partial charge >= 0.3 is 0 Å². The maximum atomic E-state index is 12.6. The minimum absolute atomic E-state index is 0.0361. The van der Waals surface area contributed by atoms with Gasteiger partial charge < -0.3 is 30.3 Å². The number of aliphatic hydroxyl groups is 1. The van der Waals surface area contributed by atoms with E-state index in [0.29, 0.717) is 23.7 Å². The summed E-state index contributed by atoms with van der Waals surface area (Å²) in [6, 6.07) is 13.8. The van der Waals surface area contributed by atoms with Crippen molar-refractivity contribution < 1.29 is 19.4 Å². The second-order valence-corrected chi connectivity index (χ2v) is 17.8. The normalized spacial score (nSPS) is 16.1. The maximum Gasteiger partial charge on any atom is 0.267 e. The van der Waals surface area contributed by atoms with Crippen LogP contribution in [0, 0.1) is 5.92 Å². The van der Waals surface area contributed by atoms with Crippen molar-refractivity contribution in [1.82, 2.24) is 15.6 Å². The highest BCUT2D eigenvalue weighted by molar-refractivity contribution is 6.74. The zero-order chi connectivity index (χ0) is 29.1. The first-order valence-electron chi connectivity index (χ1n) is 14.6. The van der Waals surface area contributed by atoms with Gasteiger partial charge in [-0.3, -0.25) is 4.79 Å². The van der Waals surface area contributed by atoms with Crippen molar-refractivity contribution in [3.8, 4) is 5.75 Å². The lowest BCUT2D eigenvalue weighted by Gasteiger charge is -2.40. The smallest absolute Gasteiger partial charge is 0.267 e. The molecule has 1 aliphatic carbocycles. The number of carbonyl (C=O) groups excluding carboxylic acids is 1. The molecule has 1 aromatic heterocycles. The first-order valence-corrected chi connectivity index (χ1v) is 17.5. The van der Waals surface area contributed by atoms with Crippen LogP contribution < -0.4 is 10.6 Å². The number of benzene rings is 2. The van der Waals surface area contributed by atoms with E-state index in [1.165, 1.54) is 24.8 Å². The van der Waals surface area contributed by atoms with Crippen LogP contribution in [0.25, 0.3) is 10.9 Å². The Labute approximate surface area is 239 Å². The van der Waals surface area contributed by atoms with Gasteiger partial charge in [-0.1, -0.05) is 39.3 Å². The van der Waals surface area contributed by atoms with Gasteiger partial charge in [-0.2, -0.15) is 0 Å². The number of aromatic hydroxyl groups is 1. The molecule has 1 saturated carbocycles. The lowest BCUT2D eigenvalue weighted by molar-refractivity contribution is 0.0935. The van der Waals surface area contributed by atoms with E-state index in [1.54, 1.807) is 6.07 Å². The molecule has 1 heterocycles. The quantitative estimate of drug-likeness (QED) is 0.169. The molecule has 218 valence electrons. The number of phenols is 1. The molecule has 5 N–H and O–H groups in total. The first-order chi connectivity index (χ1) is 18.9. The van der Waals surface area contributed by atoms with Gasteiger partial charge in [-0.05, 0) is 91.7 Å². The van der Waals surface area contributed by atoms with Crippen LogP contribution in [0.3, 0.4) is 0 Å². The van der Waals surface area contributed by atoms with Gasteiger partial charge in [0.2, 0.25) is 0 Å². The van der Waals surface area contributed by atoms with Crippen molar-refractivity contribution in [3.63, 3.8) is 0 Å². The van der Waals surface area contributed by atoms with Gasteiger partial charge in [-0.15, -0.1) is 0 Å². The third-order valence-corrected chi connectivity index (χ3v) is 13.3. The molecule has 8 heteroatoms. The highest BCUT2D eigenvalue weighted by atomic mass is 28.4. The Kier molecular flexibility index (Phi) is 9.45. The number of amides is 1. The minimum atomic E-state index is -2.09. The molecule has 3 aromatic rings. The third-order valence-electron chi connectivity index (χ3n) is 8.79. The highest BCUT2D eigenvalue weighted by Gasteiger charge is 2.39. The summed E-state index contributed by atoms with van der Waals surface area (Å²) in [5.74, 6) is 0.690. The molecular formula is C32H47N3O4Si. The number of hydrogen-bond acceptors (Lipinski definition) is 5. The topological polar surface area (TPSA) is 107 Å². The van der Waals surface area contributed by atoms with Gasteiger partial charge in [0, 0.05) is 35.6 Å². The molecule has 7 nitrogen and oxygen atoms in total. The van der Waals surface area contributed by atoms with Crippen molar-refractivity contribution in [1.29, 1.82) is 0 Å². The van der Waals surface area contributed by atoms with Crippen LogP contribution in [-0.2, 0) is 17.5 Å². The molecule has 40 heavy (non-hydrogen) atoms. The summed E-state index contributed by atoms with van der Waals surface area (Å²) in [4.78, 5) is 15.9. The van der Waals surface area contributed by atoms with E-state index in [-0.39, 0.29) is 35.4 Å². The Morgan fingerprint density at radius 3 is 2.55 bits per heavy atom. The summed E-state index contributed by atoms with van der Waals surface area (Å²) in [6.07, 6.45) is 4.32. The molecule has 1 fully saturated rings. The molecule has 0 aliphatic heterocycles. The van der Waals surface area contributed by atoms with Crippen molar-refractivity contribution in [2.45, 2.75) is 90.3 Å². The van der Waals surface area contributed by atoms with Crippen molar-refractivity contribution in [2.24, 2.45) is 5.92 Å². The summed E-state index contributed by atoms with van der Waals surface area (Å²) < 4.78 is 6.83. The molecule has 0 radical (unpaired) electrons. The van der Waals surface area contributed by atoms with Crippen LogP contribution in [0.1, 0.15) is 80.2 Å². The molecular weight excluding hydrogens is 518 g/mol.